The number of carboxylic acids is 2. The van der Waals surface area contributed by atoms with Crippen LogP contribution in [-0.2, 0) is 9.59 Å². The largest absolute Gasteiger partial charge is 0.478 e. The topological polar surface area (TPSA) is 136 Å². The second-order valence-electron chi connectivity index (χ2n) is 4.87. The summed E-state index contributed by atoms with van der Waals surface area (Å²) >= 11 is 0. The van der Waals surface area contributed by atoms with Gasteiger partial charge in [0, 0.05) is 24.9 Å². The fourth-order valence-corrected chi connectivity index (χ4v) is 1.61. The molecule has 0 aliphatic heterocycles. The van der Waals surface area contributed by atoms with Crippen LogP contribution in [0.15, 0.2) is 36.4 Å². The normalized spacial score (nSPS) is 13.1. The standard InChI is InChI=1S/C11H19N3O.C4H4O4/c1-8-5-4-6-10(7-8)13-11(9(2)15)14(3)12;5-3(6)1-2-4(7)8/h4-7,9,11,13,15H,12H2,1-3H3;1-2H,(H,5,6)(H,7,8). The van der Waals surface area contributed by atoms with Gasteiger partial charge in [-0.1, -0.05) is 12.1 Å². The Balaban J connectivity index is 0.000000515. The van der Waals surface area contributed by atoms with E-state index < -0.39 is 18.0 Å². The maximum atomic E-state index is 9.55. The monoisotopic (exact) mass is 325 g/mol. The van der Waals surface area contributed by atoms with Crippen molar-refractivity contribution in [2.45, 2.75) is 26.1 Å². The highest BCUT2D eigenvalue weighted by Crippen LogP contribution is 2.12. The molecule has 0 amide bonds. The van der Waals surface area contributed by atoms with E-state index in [0.717, 1.165) is 5.69 Å². The minimum Gasteiger partial charge on any atom is -0.478 e. The summed E-state index contributed by atoms with van der Waals surface area (Å²) < 4.78 is 0. The van der Waals surface area contributed by atoms with Gasteiger partial charge in [-0.15, -0.1) is 0 Å². The van der Waals surface area contributed by atoms with Crippen molar-refractivity contribution in [3.63, 3.8) is 0 Å². The molecule has 23 heavy (non-hydrogen) atoms. The van der Waals surface area contributed by atoms with Crippen molar-refractivity contribution in [2.75, 3.05) is 12.4 Å². The van der Waals surface area contributed by atoms with Gasteiger partial charge in [-0.3, -0.25) is 5.84 Å². The van der Waals surface area contributed by atoms with Gasteiger partial charge in [0.2, 0.25) is 0 Å². The molecule has 0 spiro atoms. The second-order valence-corrected chi connectivity index (χ2v) is 4.87. The highest BCUT2D eigenvalue weighted by Gasteiger charge is 2.17. The lowest BCUT2D eigenvalue weighted by Crippen LogP contribution is -2.49. The Kier molecular flexibility index (Phi) is 9.24. The Bertz CT molecular complexity index is 520. The van der Waals surface area contributed by atoms with Crippen LogP contribution in [0.2, 0.25) is 0 Å². The van der Waals surface area contributed by atoms with E-state index in [-0.39, 0.29) is 6.17 Å². The van der Waals surface area contributed by atoms with E-state index in [2.05, 4.69) is 5.32 Å². The van der Waals surface area contributed by atoms with Crippen LogP contribution in [-0.4, -0.2) is 51.6 Å². The summed E-state index contributed by atoms with van der Waals surface area (Å²) in [7, 11) is 1.72. The summed E-state index contributed by atoms with van der Waals surface area (Å²) in [4.78, 5) is 19.1. The maximum Gasteiger partial charge on any atom is 0.328 e. The highest BCUT2D eigenvalue weighted by atomic mass is 16.4. The van der Waals surface area contributed by atoms with Crippen LogP contribution in [0.25, 0.3) is 0 Å². The number of benzene rings is 1. The van der Waals surface area contributed by atoms with Gasteiger partial charge >= 0.3 is 11.9 Å². The fourth-order valence-electron chi connectivity index (χ4n) is 1.61. The highest BCUT2D eigenvalue weighted by molar-refractivity contribution is 5.89. The first kappa shape index (κ1) is 20.6. The Hall–Kier alpha value is -2.42. The van der Waals surface area contributed by atoms with E-state index in [9.17, 15) is 14.7 Å². The number of aryl methyl sites for hydroxylation is 1. The lowest BCUT2D eigenvalue weighted by molar-refractivity contribution is -0.134. The molecule has 8 heteroatoms. The zero-order chi connectivity index (χ0) is 18.0. The van der Waals surface area contributed by atoms with E-state index in [1.165, 1.54) is 10.6 Å². The van der Waals surface area contributed by atoms with Crippen molar-refractivity contribution < 1.29 is 24.9 Å². The fraction of sp³-hybridized carbons (Fsp3) is 0.333. The van der Waals surface area contributed by atoms with Crippen LogP contribution in [0.4, 0.5) is 5.69 Å². The molecule has 0 radical (unpaired) electrons. The SMILES string of the molecule is Cc1cccc(NC(C(C)O)N(C)N)c1.O=C(O)C=CC(=O)O. The number of nitrogens with one attached hydrogen (secondary N) is 1. The number of aliphatic hydroxyl groups is 1. The summed E-state index contributed by atoms with van der Waals surface area (Å²) in [6.45, 7) is 3.73. The number of rotatable bonds is 6. The molecule has 8 nitrogen and oxygen atoms in total. The molecule has 2 unspecified atom stereocenters. The van der Waals surface area contributed by atoms with Gasteiger partial charge in [0.25, 0.3) is 0 Å². The number of aliphatic hydroxyl groups excluding tert-OH is 1. The van der Waals surface area contributed by atoms with Gasteiger partial charge in [-0.05, 0) is 31.5 Å². The van der Waals surface area contributed by atoms with E-state index in [0.29, 0.717) is 12.2 Å². The number of carbonyl (C=O) groups is 2. The molecule has 6 N–H and O–H groups in total. The predicted molar refractivity (Wildman–Crippen MR) is 86.6 cm³/mol. The minimum atomic E-state index is -1.26. The molecule has 0 heterocycles. The Morgan fingerprint density at radius 1 is 1.26 bits per heavy atom. The van der Waals surface area contributed by atoms with Gasteiger partial charge in [-0.25, -0.2) is 14.6 Å². The molecule has 1 aromatic rings. The Labute approximate surface area is 134 Å². The van der Waals surface area contributed by atoms with Gasteiger partial charge in [0.05, 0.1) is 6.10 Å². The van der Waals surface area contributed by atoms with Gasteiger partial charge in [0.15, 0.2) is 0 Å². The molecule has 0 aromatic heterocycles. The van der Waals surface area contributed by atoms with Crippen molar-refractivity contribution in [2.24, 2.45) is 5.84 Å². The van der Waals surface area contributed by atoms with Crippen LogP contribution < -0.4 is 11.2 Å². The molecule has 0 aliphatic rings. The molecule has 0 saturated carbocycles. The van der Waals surface area contributed by atoms with E-state index in [4.69, 9.17) is 16.1 Å². The first-order chi connectivity index (χ1) is 10.6. The van der Waals surface area contributed by atoms with Crippen molar-refractivity contribution in [1.82, 2.24) is 5.01 Å². The quantitative estimate of drug-likeness (QED) is 0.222. The molecular formula is C15H23N3O5. The summed E-state index contributed by atoms with van der Waals surface area (Å²) in [5.74, 6) is 3.12. The number of carboxylic acid groups (broad SMARTS) is 2. The predicted octanol–water partition coefficient (Wildman–Crippen LogP) is 0.631. The zero-order valence-electron chi connectivity index (χ0n) is 13.3. The number of hydrogen-bond donors (Lipinski definition) is 5. The number of nitrogens with zero attached hydrogens (tertiary/aromatic N) is 1. The number of anilines is 1. The lowest BCUT2D eigenvalue weighted by Gasteiger charge is -2.28. The zero-order valence-corrected chi connectivity index (χ0v) is 13.3. The molecule has 1 rings (SSSR count). The average Bonchev–Trinajstić information content (AvgIpc) is 2.42. The van der Waals surface area contributed by atoms with E-state index in [1.807, 2.05) is 31.2 Å². The van der Waals surface area contributed by atoms with Crippen molar-refractivity contribution in [1.29, 1.82) is 0 Å². The number of aliphatic carboxylic acids is 2. The van der Waals surface area contributed by atoms with Crippen molar-refractivity contribution in [3.05, 3.63) is 42.0 Å². The van der Waals surface area contributed by atoms with E-state index in [1.54, 1.807) is 14.0 Å². The molecule has 0 bridgehead atoms. The lowest BCUT2D eigenvalue weighted by atomic mass is 10.2. The Morgan fingerprint density at radius 2 is 1.78 bits per heavy atom. The molecule has 0 fully saturated rings. The average molecular weight is 325 g/mol. The van der Waals surface area contributed by atoms with Crippen LogP contribution >= 0.6 is 0 Å². The molecule has 128 valence electrons. The van der Waals surface area contributed by atoms with Crippen LogP contribution in [0, 0.1) is 6.92 Å². The molecular weight excluding hydrogens is 302 g/mol. The third-order valence-electron chi connectivity index (χ3n) is 2.60. The van der Waals surface area contributed by atoms with Gasteiger partial charge in [0.1, 0.15) is 6.17 Å². The van der Waals surface area contributed by atoms with Crippen LogP contribution in [0.3, 0.4) is 0 Å². The van der Waals surface area contributed by atoms with Gasteiger partial charge in [-0.2, -0.15) is 0 Å². The summed E-state index contributed by atoms with van der Waals surface area (Å²) in [6, 6.07) is 7.95. The number of nitrogens with two attached hydrogens (primary N) is 1. The summed E-state index contributed by atoms with van der Waals surface area (Å²) in [5.41, 5.74) is 2.13. The first-order valence-corrected chi connectivity index (χ1v) is 6.76. The minimum absolute atomic E-state index is 0.285. The number of hydrazine groups is 1. The van der Waals surface area contributed by atoms with Crippen molar-refractivity contribution >= 4 is 17.6 Å². The van der Waals surface area contributed by atoms with Gasteiger partial charge < -0.3 is 20.6 Å². The van der Waals surface area contributed by atoms with E-state index >= 15 is 0 Å². The molecule has 0 aliphatic carbocycles. The van der Waals surface area contributed by atoms with Crippen LogP contribution in [0.5, 0.6) is 0 Å². The molecule has 0 saturated heterocycles. The van der Waals surface area contributed by atoms with Crippen molar-refractivity contribution in [3.8, 4) is 0 Å². The number of likely N-dealkylation sites (N-methyl/N-ethyl adjacent to an activating group) is 1. The number of hydrogen-bond acceptors (Lipinski definition) is 6. The second kappa shape index (κ2) is 10.3. The summed E-state index contributed by atoms with van der Waals surface area (Å²) in [6.07, 6.45) is 0.289. The smallest absolute Gasteiger partial charge is 0.328 e. The molecule has 1 aromatic carbocycles. The molecule has 2 atom stereocenters. The third-order valence-corrected chi connectivity index (χ3v) is 2.60. The third kappa shape index (κ3) is 10.0. The van der Waals surface area contributed by atoms with Crippen LogP contribution in [0.1, 0.15) is 12.5 Å². The first-order valence-electron chi connectivity index (χ1n) is 6.76. The Morgan fingerprint density at radius 3 is 2.13 bits per heavy atom. The summed E-state index contributed by atoms with van der Waals surface area (Å²) in [5, 5.41) is 29.8. The maximum absolute atomic E-state index is 9.55.